The summed E-state index contributed by atoms with van der Waals surface area (Å²) in [5, 5.41) is 6.80. The first-order valence-electron chi connectivity index (χ1n) is 8.67. The Morgan fingerprint density at radius 3 is 2.63 bits per heavy atom. The summed E-state index contributed by atoms with van der Waals surface area (Å²) in [4.78, 5) is 12.1. The average Bonchev–Trinajstić information content (AvgIpc) is 2.66. The van der Waals surface area contributed by atoms with E-state index < -0.39 is 0 Å². The van der Waals surface area contributed by atoms with Crippen LogP contribution in [0.1, 0.15) is 11.1 Å². The average molecular weight is 381 g/mol. The molecule has 0 aliphatic carbocycles. The van der Waals surface area contributed by atoms with Gasteiger partial charge in [0.15, 0.2) is 6.61 Å². The second kappa shape index (κ2) is 9.10. The van der Waals surface area contributed by atoms with Crippen LogP contribution in [0, 0.1) is 6.92 Å². The molecule has 1 amide bonds. The number of rotatable bonds is 7. The highest BCUT2D eigenvalue weighted by Crippen LogP contribution is 2.22. The van der Waals surface area contributed by atoms with Crippen molar-refractivity contribution in [2.75, 3.05) is 17.2 Å². The molecule has 27 heavy (non-hydrogen) atoms. The quantitative estimate of drug-likeness (QED) is 0.586. The number of carbonyl (C=O) groups excluding carboxylic acids is 1. The van der Waals surface area contributed by atoms with Gasteiger partial charge in [0.2, 0.25) is 0 Å². The maximum absolute atomic E-state index is 12.1. The van der Waals surface area contributed by atoms with Gasteiger partial charge in [-0.2, -0.15) is 0 Å². The molecule has 4 nitrogen and oxygen atoms in total. The summed E-state index contributed by atoms with van der Waals surface area (Å²) in [5.41, 5.74) is 3.77. The van der Waals surface area contributed by atoms with Crippen molar-refractivity contribution in [3.8, 4) is 5.75 Å². The monoisotopic (exact) mass is 380 g/mol. The summed E-state index contributed by atoms with van der Waals surface area (Å²) in [5.74, 6) is 0.452. The number of hydrogen-bond acceptors (Lipinski definition) is 3. The minimum absolute atomic E-state index is 0.0463. The van der Waals surface area contributed by atoms with Crippen LogP contribution in [0.2, 0.25) is 5.02 Å². The molecule has 3 rings (SSSR count). The first-order chi connectivity index (χ1) is 13.1. The first-order valence-corrected chi connectivity index (χ1v) is 9.04. The van der Waals surface area contributed by atoms with Crippen LogP contribution in [0.3, 0.4) is 0 Å². The minimum atomic E-state index is -0.194. The molecule has 2 N–H and O–H groups in total. The van der Waals surface area contributed by atoms with Crippen molar-refractivity contribution < 1.29 is 9.53 Å². The molecular weight excluding hydrogens is 360 g/mol. The molecule has 0 spiro atoms. The lowest BCUT2D eigenvalue weighted by atomic mass is 10.2. The van der Waals surface area contributed by atoms with Crippen molar-refractivity contribution in [2.45, 2.75) is 13.5 Å². The van der Waals surface area contributed by atoms with Crippen LogP contribution in [0.5, 0.6) is 5.75 Å². The van der Waals surface area contributed by atoms with E-state index in [2.05, 4.69) is 10.6 Å². The van der Waals surface area contributed by atoms with Gasteiger partial charge in [-0.25, -0.2) is 0 Å². The van der Waals surface area contributed by atoms with E-state index in [0.717, 1.165) is 22.5 Å². The molecule has 138 valence electrons. The van der Waals surface area contributed by atoms with Crippen molar-refractivity contribution in [1.29, 1.82) is 0 Å². The largest absolute Gasteiger partial charge is 0.484 e. The van der Waals surface area contributed by atoms with Gasteiger partial charge in [0, 0.05) is 12.2 Å². The van der Waals surface area contributed by atoms with E-state index in [-0.39, 0.29) is 12.5 Å². The van der Waals surface area contributed by atoms with Gasteiger partial charge in [-0.1, -0.05) is 48.0 Å². The number of hydrogen-bond donors (Lipinski definition) is 2. The Labute approximate surface area is 164 Å². The van der Waals surface area contributed by atoms with Gasteiger partial charge in [-0.15, -0.1) is 0 Å². The third-order valence-electron chi connectivity index (χ3n) is 3.93. The molecule has 0 saturated carbocycles. The van der Waals surface area contributed by atoms with Gasteiger partial charge in [0.25, 0.3) is 5.91 Å². The van der Waals surface area contributed by atoms with Crippen LogP contribution in [-0.4, -0.2) is 12.5 Å². The number of halogens is 1. The summed E-state index contributed by atoms with van der Waals surface area (Å²) in [7, 11) is 0. The molecule has 3 aromatic rings. The smallest absolute Gasteiger partial charge is 0.262 e. The molecule has 0 bridgehead atoms. The maximum atomic E-state index is 12.1. The molecule has 0 aliphatic rings. The number of nitrogens with one attached hydrogen (secondary N) is 2. The van der Waals surface area contributed by atoms with E-state index in [1.807, 2.05) is 79.7 Å². The Kier molecular flexibility index (Phi) is 6.34. The number of ether oxygens (including phenoxy) is 1. The number of para-hydroxylation sites is 1. The summed E-state index contributed by atoms with van der Waals surface area (Å²) in [6.07, 6.45) is 0. The predicted molar refractivity (Wildman–Crippen MR) is 111 cm³/mol. The zero-order valence-corrected chi connectivity index (χ0v) is 15.8. The van der Waals surface area contributed by atoms with Crippen molar-refractivity contribution in [1.82, 2.24) is 0 Å². The lowest BCUT2D eigenvalue weighted by Crippen LogP contribution is -2.20. The van der Waals surface area contributed by atoms with E-state index in [4.69, 9.17) is 16.3 Å². The summed E-state index contributed by atoms with van der Waals surface area (Å²) in [6, 6.07) is 22.9. The molecule has 0 aliphatic heterocycles. The third-order valence-corrected chi connectivity index (χ3v) is 4.26. The van der Waals surface area contributed by atoms with Gasteiger partial charge < -0.3 is 15.4 Å². The molecule has 0 heterocycles. The maximum Gasteiger partial charge on any atom is 0.262 e. The summed E-state index contributed by atoms with van der Waals surface area (Å²) < 4.78 is 5.62. The molecule has 0 aromatic heterocycles. The van der Waals surface area contributed by atoms with Gasteiger partial charge >= 0.3 is 0 Å². The highest BCUT2D eigenvalue weighted by Gasteiger charge is 2.05. The second-order valence-corrected chi connectivity index (χ2v) is 6.59. The van der Waals surface area contributed by atoms with E-state index >= 15 is 0 Å². The lowest BCUT2D eigenvalue weighted by molar-refractivity contribution is -0.118. The Morgan fingerprint density at radius 1 is 1.00 bits per heavy atom. The van der Waals surface area contributed by atoms with Crippen molar-refractivity contribution in [3.63, 3.8) is 0 Å². The second-order valence-electron chi connectivity index (χ2n) is 6.19. The molecule has 0 saturated heterocycles. The number of anilines is 2. The fourth-order valence-electron chi connectivity index (χ4n) is 2.62. The van der Waals surface area contributed by atoms with E-state index in [0.29, 0.717) is 17.3 Å². The van der Waals surface area contributed by atoms with Gasteiger partial charge in [-0.3, -0.25) is 4.79 Å². The molecular formula is C22H21ClN2O2. The van der Waals surface area contributed by atoms with Crippen LogP contribution in [0.15, 0.2) is 72.8 Å². The third kappa shape index (κ3) is 5.76. The van der Waals surface area contributed by atoms with Crippen molar-refractivity contribution >= 4 is 28.9 Å². The first kappa shape index (κ1) is 18.8. The van der Waals surface area contributed by atoms with Crippen LogP contribution in [0.25, 0.3) is 0 Å². The number of amides is 1. The molecule has 3 aromatic carbocycles. The SMILES string of the molecule is Cc1cccc(NC(=O)COc2cccc(CNc3ccccc3Cl)c2)c1. The zero-order chi connectivity index (χ0) is 19.1. The van der Waals surface area contributed by atoms with Crippen molar-refractivity contribution in [3.05, 3.63) is 88.9 Å². The standard InChI is InChI=1S/C22H21ClN2O2/c1-16-6-4-8-18(12-16)25-22(26)15-27-19-9-5-7-17(13-19)14-24-21-11-3-2-10-20(21)23/h2-13,24H,14-15H2,1H3,(H,25,26). The molecule has 0 atom stereocenters. The van der Waals surface area contributed by atoms with Crippen LogP contribution < -0.4 is 15.4 Å². The molecule has 0 fully saturated rings. The Morgan fingerprint density at radius 2 is 1.81 bits per heavy atom. The normalized spacial score (nSPS) is 10.3. The highest BCUT2D eigenvalue weighted by atomic mass is 35.5. The van der Waals surface area contributed by atoms with Crippen LogP contribution in [0.4, 0.5) is 11.4 Å². The van der Waals surface area contributed by atoms with Crippen LogP contribution >= 0.6 is 11.6 Å². The van der Waals surface area contributed by atoms with Crippen molar-refractivity contribution in [2.24, 2.45) is 0 Å². The molecule has 5 heteroatoms. The Bertz CT molecular complexity index is 927. The predicted octanol–water partition coefficient (Wildman–Crippen LogP) is 5.28. The summed E-state index contributed by atoms with van der Waals surface area (Å²) in [6.45, 7) is 2.54. The van der Waals surface area contributed by atoms with E-state index in [1.165, 1.54) is 0 Å². The minimum Gasteiger partial charge on any atom is -0.484 e. The Hall–Kier alpha value is -2.98. The lowest BCUT2D eigenvalue weighted by Gasteiger charge is -2.11. The number of benzene rings is 3. The number of aryl methyl sites for hydroxylation is 1. The van der Waals surface area contributed by atoms with Gasteiger partial charge in [-0.05, 0) is 54.4 Å². The molecule has 0 radical (unpaired) electrons. The fraction of sp³-hybridized carbons (Fsp3) is 0.136. The van der Waals surface area contributed by atoms with E-state index in [1.54, 1.807) is 0 Å². The summed E-state index contributed by atoms with van der Waals surface area (Å²) >= 11 is 6.15. The topological polar surface area (TPSA) is 50.4 Å². The molecule has 0 unspecified atom stereocenters. The Balaban J connectivity index is 1.53. The number of carbonyl (C=O) groups is 1. The van der Waals surface area contributed by atoms with Crippen LogP contribution in [-0.2, 0) is 11.3 Å². The highest BCUT2D eigenvalue weighted by molar-refractivity contribution is 6.33. The van der Waals surface area contributed by atoms with Gasteiger partial charge in [0.05, 0.1) is 10.7 Å². The zero-order valence-electron chi connectivity index (χ0n) is 15.0. The fourth-order valence-corrected chi connectivity index (χ4v) is 2.82. The van der Waals surface area contributed by atoms with Gasteiger partial charge in [0.1, 0.15) is 5.75 Å². The van der Waals surface area contributed by atoms with E-state index in [9.17, 15) is 4.79 Å².